The minimum atomic E-state index is -4.19. The summed E-state index contributed by atoms with van der Waals surface area (Å²) in [5.74, 6) is -1.40. The molecule has 0 heterocycles. The summed E-state index contributed by atoms with van der Waals surface area (Å²) in [5.41, 5.74) is 1.36. The Labute approximate surface area is 141 Å². The normalized spacial score (nSPS) is 10.7. The van der Waals surface area contributed by atoms with Gasteiger partial charge in [-0.1, -0.05) is 19.0 Å². The van der Waals surface area contributed by atoms with E-state index >= 15 is 0 Å². The number of rotatable bonds is 8. The number of amides is 1. The van der Waals surface area contributed by atoms with Crippen LogP contribution < -0.4 is 5.32 Å². The van der Waals surface area contributed by atoms with Gasteiger partial charge in [-0.3, -0.25) is 9.87 Å². The Bertz CT molecular complexity index is 718. The number of carbonyl (C=O) groups excluding carboxylic acids is 2. The van der Waals surface area contributed by atoms with E-state index in [1.807, 2.05) is 7.85 Å². The Balaban J connectivity index is 2.76. The lowest BCUT2D eigenvalue weighted by Crippen LogP contribution is -2.16. The van der Waals surface area contributed by atoms with Crippen molar-refractivity contribution in [1.82, 2.24) is 0 Å². The van der Waals surface area contributed by atoms with Crippen LogP contribution in [-0.4, -0.2) is 51.8 Å². The molecule has 0 bridgehead atoms. The topological polar surface area (TPSA) is 119 Å². The second-order valence-corrected chi connectivity index (χ2v) is 6.23. The van der Waals surface area contributed by atoms with Gasteiger partial charge < -0.3 is 9.47 Å². The molecule has 0 radical (unpaired) electrons. The maximum Gasteiger partial charge on any atom is 0.411 e. The maximum atomic E-state index is 11.9. The summed E-state index contributed by atoms with van der Waals surface area (Å²) in [4.78, 5) is 23.4. The monoisotopic (exact) mass is 355 g/mol. The summed E-state index contributed by atoms with van der Waals surface area (Å²) in [6.45, 7) is 3.06. The molecule has 1 amide bonds. The third kappa shape index (κ3) is 6.84. The van der Waals surface area contributed by atoms with Gasteiger partial charge in [0.25, 0.3) is 10.1 Å². The van der Waals surface area contributed by atoms with Crippen molar-refractivity contribution in [3.63, 3.8) is 0 Å². The molecule has 1 rings (SSSR count). The second-order valence-electron chi connectivity index (χ2n) is 4.66. The van der Waals surface area contributed by atoms with E-state index in [-0.39, 0.29) is 12.2 Å². The molecule has 0 fully saturated rings. The van der Waals surface area contributed by atoms with Gasteiger partial charge in [0.1, 0.15) is 26.8 Å². The fourth-order valence-electron chi connectivity index (χ4n) is 1.74. The van der Waals surface area contributed by atoms with Crippen LogP contribution in [0.15, 0.2) is 30.9 Å². The van der Waals surface area contributed by atoms with E-state index in [4.69, 9.17) is 14.0 Å². The third-order valence-corrected chi connectivity index (χ3v) is 3.55. The Kier molecular flexibility index (Phi) is 7.47. The minimum absolute atomic E-state index is 0.0749. The largest absolute Gasteiger partial charge is 0.461 e. The zero-order valence-electron chi connectivity index (χ0n) is 13.1. The number of ether oxygens (including phenoxy) is 2. The average molecular weight is 355 g/mol. The molecular weight excluding hydrogens is 337 g/mol. The van der Waals surface area contributed by atoms with Crippen molar-refractivity contribution >= 4 is 35.7 Å². The molecule has 8 nitrogen and oxygen atoms in total. The van der Waals surface area contributed by atoms with Crippen LogP contribution in [0.1, 0.15) is 15.9 Å². The number of hydrogen-bond acceptors (Lipinski definition) is 6. The van der Waals surface area contributed by atoms with E-state index < -0.39 is 34.5 Å². The first-order valence-corrected chi connectivity index (χ1v) is 8.67. The van der Waals surface area contributed by atoms with E-state index in [2.05, 4.69) is 11.9 Å². The van der Waals surface area contributed by atoms with Crippen LogP contribution in [0.4, 0.5) is 10.5 Å². The molecule has 1 aromatic rings. The first-order chi connectivity index (χ1) is 11.3. The van der Waals surface area contributed by atoms with Crippen molar-refractivity contribution in [2.24, 2.45) is 0 Å². The molecule has 10 heteroatoms. The molecule has 0 aliphatic heterocycles. The van der Waals surface area contributed by atoms with Crippen molar-refractivity contribution in [3.05, 3.63) is 42.0 Å². The van der Waals surface area contributed by atoms with E-state index in [1.54, 1.807) is 0 Å². The standard InChI is InChI=1S/C14H18BNO7S/c1-2-5-23-14(18)16-12-4-3-10(8-11(12)9-15)13(17)22-6-7-24(19,20)21/h2-4,8H,1,5-7,9,15H2,(H,16,18)(H,19,20,21). The van der Waals surface area contributed by atoms with Crippen LogP contribution in [0.3, 0.4) is 0 Å². The molecule has 2 N–H and O–H groups in total. The Morgan fingerprint density at radius 2 is 2.04 bits per heavy atom. The van der Waals surface area contributed by atoms with Gasteiger partial charge in [0.2, 0.25) is 0 Å². The average Bonchev–Trinajstić information content (AvgIpc) is 2.51. The molecule has 0 unspecified atom stereocenters. The van der Waals surface area contributed by atoms with Crippen LogP contribution in [-0.2, 0) is 25.9 Å². The summed E-state index contributed by atoms with van der Waals surface area (Å²) in [6.07, 6.45) is 1.32. The van der Waals surface area contributed by atoms with Crippen molar-refractivity contribution in [2.45, 2.75) is 6.32 Å². The molecule has 130 valence electrons. The molecule has 0 saturated heterocycles. The zero-order valence-corrected chi connectivity index (χ0v) is 14.0. The van der Waals surface area contributed by atoms with Gasteiger partial charge in [-0.25, -0.2) is 9.59 Å². The molecule has 0 spiro atoms. The predicted molar refractivity (Wildman–Crippen MR) is 90.6 cm³/mol. The molecule has 0 saturated carbocycles. The Morgan fingerprint density at radius 3 is 2.62 bits per heavy atom. The SMILES string of the molecule is BCc1cc(C(=O)OCCS(=O)(=O)O)ccc1NC(=O)OCC=C. The predicted octanol–water partition coefficient (Wildman–Crippen LogP) is 0.599. The summed E-state index contributed by atoms with van der Waals surface area (Å²) in [6, 6.07) is 4.48. The lowest BCUT2D eigenvalue weighted by atomic mass is 9.94. The van der Waals surface area contributed by atoms with Crippen LogP contribution in [0.5, 0.6) is 0 Å². The van der Waals surface area contributed by atoms with Crippen molar-refractivity contribution in [2.75, 3.05) is 24.3 Å². The highest BCUT2D eigenvalue weighted by Crippen LogP contribution is 2.18. The smallest absolute Gasteiger partial charge is 0.411 e. The van der Waals surface area contributed by atoms with E-state index in [0.717, 1.165) is 0 Å². The van der Waals surface area contributed by atoms with Gasteiger partial charge in [-0.15, -0.1) is 0 Å². The van der Waals surface area contributed by atoms with Crippen molar-refractivity contribution in [3.8, 4) is 0 Å². The first kappa shape index (κ1) is 19.7. The summed E-state index contributed by atoms with van der Waals surface area (Å²) >= 11 is 0. The number of anilines is 1. The number of benzene rings is 1. The summed E-state index contributed by atoms with van der Waals surface area (Å²) in [5, 5.41) is 2.55. The van der Waals surface area contributed by atoms with E-state index in [1.165, 1.54) is 24.3 Å². The minimum Gasteiger partial charge on any atom is -0.461 e. The van der Waals surface area contributed by atoms with Crippen LogP contribution in [0.25, 0.3) is 0 Å². The highest BCUT2D eigenvalue weighted by atomic mass is 32.2. The van der Waals surface area contributed by atoms with E-state index in [0.29, 0.717) is 17.6 Å². The van der Waals surface area contributed by atoms with Gasteiger partial charge in [-0.05, 0) is 23.8 Å². The number of nitrogens with one attached hydrogen (secondary N) is 1. The summed E-state index contributed by atoms with van der Waals surface area (Å²) in [7, 11) is -2.35. The Hall–Kier alpha value is -2.33. The highest BCUT2D eigenvalue weighted by Gasteiger charge is 2.13. The number of hydrogen-bond donors (Lipinski definition) is 2. The van der Waals surface area contributed by atoms with Gasteiger partial charge in [-0.2, -0.15) is 8.42 Å². The third-order valence-electron chi connectivity index (χ3n) is 2.87. The van der Waals surface area contributed by atoms with Gasteiger partial charge in [0.15, 0.2) is 0 Å². The zero-order chi connectivity index (χ0) is 18.2. The van der Waals surface area contributed by atoms with Crippen LogP contribution in [0.2, 0.25) is 0 Å². The quantitative estimate of drug-likeness (QED) is 0.303. The highest BCUT2D eigenvalue weighted by molar-refractivity contribution is 7.85. The van der Waals surface area contributed by atoms with Crippen LogP contribution >= 0.6 is 0 Å². The van der Waals surface area contributed by atoms with E-state index in [9.17, 15) is 18.0 Å². The fraction of sp³-hybridized carbons (Fsp3) is 0.286. The van der Waals surface area contributed by atoms with Crippen LogP contribution in [0, 0.1) is 0 Å². The Morgan fingerprint density at radius 1 is 1.33 bits per heavy atom. The fourth-order valence-corrected chi connectivity index (χ4v) is 2.03. The number of esters is 1. The lowest BCUT2D eigenvalue weighted by Gasteiger charge is -2.11. The molecule has 24 heavy (non-hydrogen) atoms. The maximum absolute atomic E-state index is 11.9. The second kappa shape index (κ2) is 9.09. The molecule has 1 aromatic carbocycles. The molecule has 0 aromatic heterocycles. The van der Waals surface area contributed by atoms with Crippen molar-refractivity contribution in [1.29, 1.82) is 0 Å². The molecular formula is C14H18BNO7S. The molecule has 0 aliphatic rings. The molecule has 0 aliphatic carbocycles. The lowest BCUT2D eigenvalue weighted by molar-refractivity contribution is 0.0528. The van der Waals surface area contributed by atoms with Gasteiger partial charge in [0, 0.05) is 5.69 Å². The van der Waals surface area contributed by atoms with Gasteiger partial charge in [0.05, 0.1) is 5.56 Å². The summed E-state index contributed by atoms with van der Waals surface area (Å²) < 4.78 is 39.3. The molecule has 0 atom stereocenters. The van der Waals surface area contributed by atoms with Crippen molar-refractivity contribution < 1.29 is 32.0 Å². The first-order valence-electron chi connectivity index (χ1n) is 7.06. The van der Waals surface area contributed by atoms with Gasteiger partial charge >= 0.3 is 12.1 Å². The number of carbonyl (C=O) groups is 2.